The highest BCUT2D eigenvalue weighted by Crippen LogP contribution is 2.29. The van der Waals surface area contributed by atoms with E-state index >= 15 is 0 Å². The average Bonchev–Trinajstić information content (AvgIpc) is 3.43. The average molecular weight is 524 g/mol. The van der Waals surface area contributed by atoms with Crippen molar-refractivity contribution in [2.45, 2.75) is 19.8 Å². The van der Waals surface area contributed by atoms with Crippen molar-refractivity contribution in [3.63, 3.8) is 0 Å². The molecule has 1 unspecified atom stereocenters. The molecule has 1 atom stereocenters. The minimum absolute atomic E-state index is 0.126. The number of pyridine rings is 1. The fourth-order valence-electron chi connectivity index (χ4n) is 4.00. The van der Waals surface area contributed by atoms with Gasteiger partial charge in [-0.3, -0.25) is 4.79 Å². The lowest BCUT2D eigenvalue weighted by atomic mass is 9.94. The molecule has 3 heterocycles. The summed E-state index contributed by atoms with van der Waals surface area (Å²) in [6, 6.07) is 13.1. The lowest BCUT2D eigenvalue weighted by molar-refractivity contribution is 0.0952. The second-order valence-corrected chi connectivity index (χ2v) is 9.08. The first-order chi connectivity index (χ1) is 17.3. The topological polar surface area (TPSA) is 101 Å². The standard InChI is InChI=1S/C25H20Cl2FN7O/c1-13-30-12-35(34-13)17-9-19(26)23(20(27)10-17)25(36)29-11-18(15-4-3-5-16(28)8-15)21-6-7-22-24(33-21)32-14(2)31-22/h3-10,12,18H,11H2,1-2H3,(H,29,36)(H,31,32,33). The minimum Gasteiger partial charge on any atom is -0.351 e. The Hall–Kier alpha value is -3.82. The number of hydrogen-bond acceptors (Lipinski definition) is 5. The molecule has 5 aromatic rings. The van der Waals surface area contributed by atoms with Crippen molar-refractivity contribution < 1.29 is 9.18 Å². The van der Waals surface area contributed by atoms with E-state index in [9.17, 15) is 9.18 Å². The van der Waals surface area contributed by atoms with Crippen LogP contribution in [0.2, 0.25) is 10.0 Å². The van der Waals surface area contributed by atoms with Crippen LogP contribution in [0.1, 0.15) is 39.2 Å². The summed E-state index contributed by atoms with van der Waals surface area (Å²) in [5.74, 6) is 0.0271. The van der Waals surface area contributed by atoms with Gasteiger partial charge in [0.25, 0.3) is 5.91 Å². The number of carbonyl (C=O) groups excluding carboxylic acids is 1. The molecule has 0 radical (unpaired) electrons. The van der Waals surface area contributed by atoms with Crippen molar-refractivity contribution in [3.8, 4) is 5.69 Å². The molecule has 2 aromatic carbocycles. The largest absolute Gasteiger partial charge is 0.351 e. The Morgan fingerprint density at radius 1 is 1.11 bits per heavy atom. The summed E-state index contributed by atoms with van der Waals surface area (Å²) in [7, 11) is 0. The van der Waals surface area contributed by atoms with Gasteiger partial charge in [0.2, 0.25) is 0 Å². The van der Waals surface area contributed by atoms with Gasteiger partial charge in [0.05, 0.1) is 32.5 Å². The second kappa shape index (κ2) is 9.67. The van der Waals surface area contributed by atoms with Crippen LogP contribution in [-0.2, 0) is 0 Å². The lowest BCUT2D eigenvalue weighted by Gasteiger charge is -2.19. The van der Waals surface area contributed by atoms with E-state index in [-0.39, 0.29) is 28.0 Å². The fraction of sp³-hybridized carbons (Fsp3) is 0.160. The number of hydrogen-bond donors (Lipinski definition) is 2. The van der Waals surface area contributed by atoms with Crippen LogP contribution in [0.5, 0.6) is 0 Å². The summed E-state index contributed by atoms with van der Waals surface area (Å²) in [5, 5.41) is 7.45. The fourth-order valence-corrected chi connectivity index (χ4v) is 4.65. The van der Waals surface area contributed by atoms with Crippen molar-refractivity contribution in [2.75, 3.05) is 6.54 Å². The smallest absolute Gasteiger partial charge is 0.254 e. The van der Waals surface area contributed by atoms with Gasteiger partial charge in [-0.2, -0.15) is 5.10 Å². The number of aromatic nitrogens is 6. The summed E-state index contributed by atoms with van der Waals surface area (Å²) >= 11 is 12.9. The molecule has 8 nitrogen and oxygen atoms in total. The van der Waals surface area contributed by atoms with Crippen molar-refractivity contribution in [1.82, 2.24) is 35.0 Å². The number of imidazole rings is 1. The van der Waals surface area contributed by atoms with Crippen LogP contribution in [0.3, 0.4) is 0 Å². The first-order valence-electron chi connectivity index (χ1n) is 11.0. The molecular formula is C25H20Cl2FN7O. The summed E-state index contributed by atoms with van der Waals surface area (Å²) in [6.07, 6.45) is 1.53. The summed E-state index contributed by atoms with van der Waals surface area (Å²) < 4.78 is 15.6. The predicted octanol–water partition coefficient (Wildman–Crippen LogP) is 5.16. The highest BCUT2D eigenvalue weighted by Gasteiger charge is 2.22. The third-order valence-electron chi connectivity index (χ3n) is 5.69. The molecule has 0 aliphatic carbocycles. The Bertz CT molecular complexity index is 1570. The molecular weight excluding hydrogens is 504 g/mol. The van der Waals surface area contributed by atoms with E-state index in [2.05, 4.69) is 30.4 Å². The van der Waals surface area contributed by atoms with Gasteiger partial charge in [-0.15, -0.1) is 0 Å². The molecule has 11 heteroatoms. The highest BCUT2D eigenvalue weighted by molar-refractivity contribution is 6.40. The molecule has 2 N–H and O–H groups in total. The monoisotopic (exact) mass is 523 g/mol. The van der Waals surface area contributed by atoms with Gasteiger partial charge in [-0.25, -0.2) is 24.0 Å². The maximum absolute atomic E-state index is 14.1. The van der Waals surface area contributed by atoms with E-state index in [1.165, 1.54) is 23.1 Å². The van der Waals surface area contributed by atoms with Gasteiger partial charge in [0.1, 0.15) is 23.8 Å². The van der Waals surface area contributed by atoms with E-state index in [1.807, 2.05) is 19.1 Å². The van der Waals surface area contributed by atoms with Crippen molar-refractivity contribution in [3.05, 3.63) is 99.2 Å². The SMILES string of the molecule is Cc1ncn(-c2cc(Cl)c(C(=O)NCC(c3cccc(F)c3)c3ccc4[nH]c(C)nc4n3)c(Cl)c2)n1. The van der Waals surface area contributed by atoms with Crippen LogP contribution >= 0.6 is 23.2 Å². The van der Waals surface area contributed by atoms with Crippen molar-refractivity contribution in [2.24, 2.45) is 0 Å². The zero-order valence-corrected chi connectivity index (χ0v) is 20.8. The number of nitrogens with one attached hydrogen (secondary N) is 2. The van der Waals surface area contributed by atoms with Gasteiger partial charge in [-0.1, -0.05) is 35.3 Å². The van der Waals surface area contributed by atoms with Crippen LogP contribution < -0.4 is 5.32 Å². The number of rotatable bonds is 6. The minimum atomic E-state index is -0.468. The van der Waals surface area contributed by atoms with E-state index in [4.69, 9.17) is 23.2 Å². The predicted molar refractivity (Wildman–Crippen MR) is 135 cm³/mol. The Kier molecular flexibility index (Phi) is 6.42. The molecule has 182 valence electrons. The van der Waals surface area contributed by atoms with Gasteiger partial charge in [-0.05, 0) is 55.8 Å². The van der Waals surface area contributed by atoms with Crippen LogP contribution in [0.25, 0.3) is 16.9 Å². The van der Waals surface area contributed by atoms with E-state index in [0.29, 0.717) is 28.4 Å². The van der Waals surface area contributed by atoms with Gasteiger partial charge < -0.3 is 10.3 Å². The number of benzene rings is 2. The van der Waals surface area contributed by atoms with E-state index in [0.717, 1.165) is 11.3 Å². The van der Waals surface area contributed by atoms with Crippen LogP contribution in [0.4, 0.5) is 4.39 Å². The Morgan fingerprint density at radius 2 is 1.89 bits per heavy atom. The number of aryl methyl sites for hydroxylation is 2. The lowest BCUT2D eigenvalue weighted by Crippen LogP contribution is -2.30. The number of fused-ring (bicyclic) bond motifs is 1. The molecule has 36 heavy (non-hydrogen) atoms. The van der Waals surface area contributed by atoms with Crippen LogP contribution in [0, 0.1) is 19.7 Å². The maximum atomic E-state index is 14.1. The first kappa shape index (κ1) is 23.9. The molecule has 3 aromatic heterocycles. The molecule has 0 spiro atoms. The number of amides is 1. The molecule has 0 saturated heterocycles. The summed E-state index contributed by atoms with van der Waals surface area (Å²) in [4.78, 5) is 29.4. The number of H-pyrrole nitrogens is 1. The van der Waals surface area contributed by atoms with E-state index in [1.54, 1.807) is 31.2 Å². The molecule has 0 fully saturated rings. The quantitative estimate of drug-likeness (QED) is 0.320. The Morgan fingerprint density at radius 3 is 2.58 bits per heavy atom. The highest BCUT2D eigenvalue weighted by atomic mass is 35.5. The van der Waals surface area contributed by atoms with Crippen molar-refractivity contribution in [1.29, 1.82) is 0 Å². The molecule has 1 amide bonds. The number of nitrogens with zero attached hydrogens (tertiary/aromatic N) is 5. The number of carbonyl (C=O) groups is 1. The third kappa shape index (κ3) is 4.80. The number of aromatic amines is 1. The van der Waals surface area contributed by atoms with Crippen molar-refractivity contribution >= 4 is 40.3 Å². The summed E-state index contributed by atoms with van der Waals surface area (Å²) in [6.45, 7) is 3.73. The second-order valence-electron chi connectivity index (χ2n) is 8.27. The van der Waals surface area contributed by atoms with Crippen LogP contribution in [-0.4, -0.2) is 42.2 Å². The summed E-state index contributed by atoms with van der Waals surface area (Å²) in [5.41, 5.74) is 3.33. The molecule has 0 bridgehead atoms. The van der Waals surface area contributed by atoms with E-state index < -0.39 is 11.8 Å². The number of halogens is 3. The normalized spacial score (nSPS) is 12.1. The maximum Gasteiger partial charge on any atom is 0.254 e. The molecule has 5 rings (SSSR count). The Balaban J connectivity index is 1.44. The zero-order chi connectivity index (χ0) is 25.4. The zero-order valence-electron chi connectivity index (χ0n) is 19.3. The third-order valence-corrected chi connectivity index (χ3v) is 6.28. The first-order valence-corrected chi connectivity index (χ1v) is 11.8. The molecule has 0 aliphatic rings. The molecule has 0 aliphatic heterocycles. The van der Waals surface area contributed by atoms with Gasteiger partial charge >= 0.3 is 0 Å². The van der Waals surface area contributed by atoms with Gasteiger partial charge in [0.15, 0.2) is 5.65 Å². The Labute approximate surface area is 215 Å². The van der Waals surface area contributed by atoms with Gasteiger partial charge in [0, 0.05) is 12.5 Å². The van der Waals surface area contributed by atoms with Crippen LogP contribution in [0.15, 0.2) is 54.9 Å². The molecule has 0 saturated carbocycles.